The minimum Gasteiger partial charge on any atom is -0.355 e. The first-order valence-corrected chi connectivity index (χ1v) is 9.89. The standard InChI is InChI=1S/C17H24BrN5O2S/c1-17(2,26-13-6-4-12(18)5-7-13)11-22-15(19-3)20-8-9-23-14(24)10-21-16(23)25/h4-7H,8-11H2,1-3H3,(H,21,25)(H2,19,20,22). The molecule has 1 aromatic carbocycles. The second kappa shape index (κ2) is 9.27. The number of carbonyl (C=O) groups is 2. The highest BCUT2D eigenvalue weighted by molar-refractivity contribution is 9.10. The van der Waals surface area contributed by atoms with Crippen LogP contribution in [0, 0.1) is 0 Å². The predicted octanol–water partition coefficient (Wildman–Crippen LogP) is 2.04. The molecule has 0 unspecified atom stereocenters. The van der Waals surface area contributed by atoms with E-state index in [-0.39, 0.29) is 23.2 Å². The van der Waals surface area contributed by atoms with Crippen LogP contribution < -0.4 is 16.0 Å². The van der Waals surface area contributed by atoms with Crippen LogP contribution in [-0.2, 0) is 4.79 Å². The molecule has 1 aromatic rings. The van der Waals surface area contributed by atoms with Crippen molar-refractivity contribution in [1.29, 1.82) is 0 Å². The van der Waals surface area contributed by atoms with Crippen LogP contribution in [-0.4, -0.2) is 60.8 Å². The van der Waals surface area contributed by atoms with Crippen LogP contribution in [0.1, 0.15) is 13.8 Å². The number of aliphatic imine (C=N–C) groups is 1. The SMILES string of the molecule is CN=C(NCCN1C(=O)CNC1=O)NCC(C)(C)Sc1ccc(Br)cc1. The van der Waals surface area contributed by atoms with Gasteiger partial charge in [-0.05, 0) is 38.1 Å². The van der Waals surface area contributed by atoms with Gasteiger partial charge in [0.1, 0.15) is 0 Å². The van der Waals surface area contributed by atoms with Crippen LogP contribution in [0.2, 0.25) is 0 Å². The zero-order chi connectivity index (χ0) is 19.2. The average Bonchev–Trinajstić information content (AvgIpc) is 2.91. The highest BCUT2D eigenvalue weighted by Gasteiger charge is 2.27. The highest BCUT2D eigenvalue weighted by atomic mass is 79.9. The quantitative estimate of drug-likeness (QED) is 0.261. The zero-order valence-corrected chi connectivity index (χ0v) is 17.5. The van der Waals surface area contributed by atoms with Crippen molar-refractivity contribution < 1.29 is 9.59 Å². The molecule has 0 aliphatic carbocycles. The molecule has 1 aliphatic heterocycles. The average molecular weight is 442 g/mol. The van der Waals surface area contributed by atoms with Crippen molar-refractivity contribution in [2.24, 2.45) is 4.99 Å². The van der Waals surface area contributed by atoms with Gasteiger partial charge in [0.15, 0.2) is 5.96 Å². The van der Waals surface area contributed by atoms with Crippen LogP contribution in [0.3, 0.4) is 0 Å². The normalized spacial score (nSPS) is 15.2. The first-order chi connectivity index (χ1) is 12.3. The van der Waals surface area contributed by atoms with E-state index in [1.807, 2.05) is 12.1 Å². The summed E-state index contributed by atoms with van der Waals surface area (Å²) in [5, 5.41) is 8.93. The Hall–Kier alpha value is -1.74. The van der Waals surface area contributed by atoms with Crippen LogP contribution in [0.5, 0.6) is 0 Å². The molecule has 1 saturated heterocycles. The number of rotatable bonds is 7. The van der Waals surface area contributed by atoms with Gasteiger partial charge < -0.3 is 16.0 Å². The fraction of sp³-hybridized carbons (Fsp3) is 0.471. The molecule has 142 valence electrons. The smallest absolute Gasteiger partial charge is 0.324 e. The summed E-state index contributed by atoms with van der Waals surface area (Å²) in [5.41, 5.74) is 0. The zero-order valence-electron chi connectivity index (χ0n) is 15.1. The predicted molar refractivity (Wildman–Crippen MR) is 109 cm³/mol. The summed E-state index contributed by atoms with van der Waals surface area (Å²) < 4.78 is 1.02. The molecular weight excluding hydrogens is 418 g/mol. The third-order valence-electron chi connectivity index (χ3n) is 3.68. The number of hydrogen-bond acceptors (Lipinski definition) is 4. The maximum absolute atomic E-state index is 11.5. The van der Waals surface area contributed by atoms with Gasteiger partial charge in [0.25, 0.3) is 0 Å². The number of hydrogen-bond donors (Lipinski definition) is 3. The molecule has 0 radical (unpaired) electrons. The minimum atomic E-state index is -0.341. The molecule has 1 aliphatic rings. The van der Waals surface area contributed by atoms with E-state index in [1.54, 1.807) is 18.8 Å². The number of nitrogens with one attached hydrogen (secondary N) is 3. The van der Waals surface area contributed by atoms with Crippen LogP contribution in [0.25, 0.3) is 0 Å². The van der Waals surface area contributed by atoms with E-state index in [0.29, 0.717) is 25.6 Å². The van der Waals surface area contributed by atoms with Gasteiger partial charge in [-0.3, -0.25) is 14.7 Å². The van der Waals surface area contributed by atoms with Crippen LogP contribution in [0.4, 0.5) is 4.79 Å². The van der Waals surface area contributed by atoms with E-state index in [9.17, 15) is 9.59 Å². The first-order valence-electron chi connectivity index (χ1n) is 8.28. The van der Waals surface area contributed by atoms with Gasteiger partial charge in [0.05, 0.1) is 6.54 Å². The number of benzene rings is 1. The lowest BCUT2D eigenvalue weighted by atomic mass is 10.2. The van der Waals surface area contributed by atoms with E-state index in [2.05, 4.69) is 62.9 Å². The summed E-state index contributed by atoms with van der Waals surface area (Å²) in [6, 6.07) is 7.89. The number of amides is 3. The second-order valence-electron chi connectivity index (χ2n) is 6.37. The van der Waals surface area contributed by atoms with E-state index < -0.39 is 0 Å². The maximum Gasteiger partial charge on any atom is 0.324 e. The van der Waals surface area contributed by atoms with Gasteiger partial charge in [-0.15, -0.1) is 11.8 Å². The molecule has 0 spiro atoms. The summed E-state index contributed by atoms with van der Waals surface area (Å²) in [5.74, 6) is 0.438. The van der Waals surface area contributed by atoms with E-state index in [4.69, 9.17) is 0 Å². The van der Waals surface area contributed by atoms with Crippen molar-refractivity contribution in [3.63, 3.8) is 0 Å². The Kier molecular flexibility index (Phi) is 7.33. The topological polar surface area (TPSA) is 85.8 Å². The third-order valence-corrected chi connectivity index (χ3v) is 5.41. The third kappa shape index (κ3) is 6.21. The van der Waals surface area contributed by atoms with E-state index >= 15 is 0 Å². The summed E-state index contributed by atoms with van der Waals surface area (Å²) in [4.78, 5) is 29.6. The van der Waals surface area contributed by atoms with Crippen LogP contribution in [0.15, 0.2) is 38.6 Å². The van der Waals surface area contributed by atoms with Crippen LogP contribution >= 0.6 is 27.7 Å². The molecule has 9 heteroatoms. The Labute approximate surface area is 166 Å². The van der Waals surface area contributed by atoms with Gasteiger partial charge in [-0.1, -0.05) is 15.9 Å². The fourth-order valence-electron chi connectivity index (χ4n) is 2.34. The first kappa shape index (κ1) is 20.6. The summed E-state index contributed by atoms with van der Waals surface area (Å²) in [7, 11) is 1.69. The molecule has 26 heavy (non-hydrogen) atoms. The highest BCUT2D eigenvalue weighted by Crippen LogP contribution is 2.32. The van der Waals surface area contributed by atoms with Crippen molar-refractivity contribution in [2.75, 3.05) is 33.2 Å². The Morgan fingerprint density at radius 1 is 1.31 bits per heavy atom. The molecule has 0 bridgehead atoms. The Morgan fingerprint density at radius 3 is 2.58 bits per heavy atom. The molecule has 1 fully saturated rings. The van der Waals surface area contributed by atoms with Gasteiger partial charge >= 0.3 is 6.03 Å². The molecular formula is C17H24BrN5O2S. The molecule has 3 amide bonds. The Balaban J connectivity index is 1.77. The molecule has 1 heterocycles. The molecule has 7 nitrogen and oxygen atoms in total. The largest absolute Gasteiger partial charge is 0.355 e. The number of halogens is 1. The van der Waals surface area contributed by atoms with E-state index in [0.717, 1.165) is 4.47 Å². The lowest BCUT2D eigenvalue weighted by molar-refractivity contribution is -0.124. The maximum atomic E-state index is 11.5. The second-order valence-corrected chi connectivity index (χ2v) is 9.07. The van der Waals surface area contributed by atoms with Gasteiger partial charge in [-0.2, -0.15) is 0 Å². The van der Waals surface area contributed by atoms with E-state index in [1.165, 1.54) is 9.80 Å². The summed E-state index contributed by atoms with van der Waals surface area (Å²) in [6.07, 6.45) is 0. The summed E-state index contributed by atoms with van der Waals surface area (Å²) >= 11 is 5.22. The number of imide groups is 1. The number of nitrogens with zero attached hydrogens (tertiary/aromatic N) is 2. The molecule has 2 rings (SSSR count). The monoisotopic (exact) mass is 441 g/mol. The van der Waals surface area contributed by atoms with Gasteiger partial charge in [0, 0.05) is 40.8 Å². The van der Waals surface area contributed by atoms with Gasteiger partial charge in [-0.25, -0.2) is 4.79 Å². The minimum absolute atomic E-state index is 0.0454. The summed E-state index contributed by atoms with van der Waals surface area (Å²) in [6.45, 7) is 5.85. The lowest BCUT2D eigenvalue weighted by Gasteiger charge is -2.26. The molecule has 0 atom stereocenters. The number of guanidine groups is 1. The number of thioether (sulfide) groups is 1. The molecule has 3 N–H and O–H groups in total. The van der Waals surface area contributed by atoms with Crippen molar-refractivity contribution in [3.8, 4) is 0 Å². The number of urea groups is 1. The Bertz CT molecular complexity index is 662. The van der Waals surface area contributed by atoms with Gasteiger partial charge in [0.2, 0.25) is 5.91 Å². The van der Waals surface area contributed by atoms with Crippen molar-refractivity contribution >= 4 is 45.6 Å². The molecule has 0 saturated carbocycles. The Morgan fingerprint density at radius 2 is 2.00 bits per heavy atom. The number of carbonyl (C=O) groups excluding carboxylic acids is 2. The van der Waals surface area contributed by atoms with Crippen molar-refractivity contribution in [1.82, 2.24) is 20.9 Å². The van der Waals surface area contributed by atoms with Crippen molar-refractivity contribution in [3.05, 3.63) is 28.7 Å². The van der Waals surface area contributed by atoms with Crippen molar-refractivity contribution in [2.45, 2.75) is 23.5 Å². The fourth-order valence-corrected chi connectivity index (χ4v) is 3.66. The lowest BCUT2D eigenvalue weighted by Crippen LogP contribution is -2.46. The molecule has 0 aromatic heterocycles.